The molecule has 23 heavy (non-hydrogen) atoms. The first-order valence-corrected chi connectivity index (χ1v) is 7.62. The molecular weight excluding hydrogens is 298 g/mol. The van der Waals surface area contributed by atoms with Crippen LogP contribution in [-0.4, -0.2) is 57.7 Å². The number of rotatable bonds is 5. The first-order chi connectivity index (χ1) is 11.3. The van der Waals surface area contributed by atoms with Gasteiger partial charge in [-0.05, 0) is 18.8 Å². The molecule has 0 spiro atoms. The Hall–Kier alpha value is -2.35. The Morgan fingerprint density at radius 3 is 3.17 bits per heavy atom. The summed E-state index contributed by atoms with van der Waals surface area (Å²) in [7, 11) is 1.53. The third-order valence-corrected chi connectivity index (χ3v) is 3.86. The highest BCUT2D eigenvalue weighted by Gasteiger charge is 2.25. The summed E-state index contributed by atoms with van der Waals surface area (Å²) in [5.41, 5.74) is 0.586. The second kappa shape index (κ2) is 7.28. The van der Waals surface area contributed by atoms with Crippen molar-refractivity contribution in [1.82, 2.24) is 25.0 Å². The number of ether oxygens (including phenoxy) is 1. The summed E-state index contributed by atoms with van der Waals surface area (Å²) in [6.07, 6.45) is 7.46. The van der Waals surface area contributed by atoms with Crippen molar-refractivity contribution in [2.75, 3.05) is 26.8 Å². The number of methoxy groups -OCH3 is 1. The van der Waals surface area contributed by atoms with Gasteiger partial charge in [-0.1, -0.05) is 5.16 Å². The Kier molecular flexibility index (Phi) is 4.92. The van der Waals surface area contributed by atoms with Crippen molar-refractivity contribution in [1.29, 1.82) is 0 Å². The highest BCUT2D eigenvalue weighted by molar-refractivity contribution is 5.77. The first kappa shape index (κ1) is 15.5. The van der Waals surface area contributed by atoms with E-state index in [2.05, 4.69) is 20.1 Å². The maximum atomic E-state index is 11.9. The summed E-state index contributed by atoms with van der Waals surface area (Å²) in [6, 6.07) is 0. The van der Waals surface area contributed by atoms with E-state index in [0.717, 1.165) is 19.4 Å². The zero-order valence-corrected chi connectivity index (χ0v) is 13.0. The van der Waals surface area contributed by atoms with Crippen molar-refractivity contribution >= 4 is 5.91 Å². The summed E-state index contributed by atoms with van der Waals surface area (Å²) in [5, 5.41) is 3.95. The van der Waals surface area contributed by atoms with Gasteiger partial charge in [-0.15, -0.1) is 0 Å². The topological polar surface area (TPSA) is 94.2 Å². The van der Waals surface area contributed by atoms with Crippen LogP contribution < -0.4 is 0 Å². The van der Waals surface area contributed by atoms with Gasteiger partial charge in [0.2, 0.25) is 17.6 Å². The predicted octanol–water partition coefficient (Wildman–Crippen LogP) is 0.954. The number of hydrogen-bond acceptors (Lipinski definition) is 7. The van der Waals surface area contributed by atoms with Crippen LogP contribution in [0.3, 0.4) is 0 Å². The molecule has 3 heterocycles. The number of hydrogen-bond donors (Lipinski definition) is 0. The van der Waals surface area contributed by atoms with E-state index in [1.165, 1.54) is 7.11 Å². The van der Waals surface area contributed by atoms with Gasteiger partial charge >= 0.3 is 0 Å². The molecule has 1 aliphatic rings. The molecule has 0 radical (unpaired) electrons. The molecule has 0 bridgehead atoms. The van der Waals surface area contributed by atoms with Gasteiger partial charge in [-0.25, -0.2) is 4.98 Å². The lowest BCUT2D eigenvalue weighted by molar-refractivity contribution is -0.137. The molecule has 0 aliphatic carbocycles. The van der Waals surface area contributed by atoms with Crippen molar-refractivity contribution in [3.8, 4) is 11.5 Å². The average molecular weight is 317 g/mol. The van der Waals surface area contributed by atoms with Gasteiger partial charge in [0.1, 0.15) is 12.3 Å². The number of piperidine rings is 1. The maximum absolute atomic E-state index is 11.9. The van der Waals surface area contributed by atoms with E-state index in [-0.39, 0.29) is 12.5 Å². The minimum Gasteiger partial charge on any atom is -0.375 e. The van der Waals surface area contributed by atoms with Crippen molar-refractivity contribution < 1.29 is 14.1 Å². The van der Waals surface area contributed by atoms with Crippen LogP contribution in [0, 0.1) is 5.92 Å². The van der Waals surface area contributed by atoms with Gasteiger partial charge < -0.3 is 14.2 Å². The molecule has 0 aromatic carbocycles. The fourth-order valence-electron chi connectivity index (χ4n) is 2.78. The van der Waals surface area contributed by atoms with E-state index < -0.39 is 0 Å². The van der Waals surface area contributed by atoms with Crippen LogP contribution >= 0.6 is 0 Å². The van der Waals surface area contributed by atoms with Crippen LogP contribution in [0.2, 0.25) is 0 Å². The molecule has 1 fully saturated rings. The molecule has 1 unspecified atom stereocenters. The van der Waals surface area contributed by atoms with Crippen LogP contribution in [0.5, 0.6) is 0 Å². The molecule has 2 aromatic rings. The van der Waals surface area contributed by atoms with E-state index in [0.29, 0.717) is 36.3 Å². The molecule has 1 atom stereocenters. The fraction of sp³-hybridized carbons (Fsp3) is 0.533. The zero-order chi connectivity index (χ0) is 16.1. The number of amides is 1. The molecular formula is C15H19N5O3. The van der Waals surface area contributed by atoms with Crippen molar-refractivity contribution in [3.05, 3.63) is 24.5 Å². The minimum absolute atomic E-state index is 0.0305. The Bertz CT molecular complexity index is 646. The number of aromatic nitrogens is 4. The third kappa shape index (κ3) is 3.89. The molecule has 0 saturated carbocycles. The van der Waals surface area contributed by atoms with Crippen LogP contribution in [0.1, 0.15) is 18.7 Å². The molecule has 1 aliphatic heterocycles. The van der Waals surface area contributed by atoms with Crippen molar-refractivity contribution in [2.45, 2.75) is 19.3 Å². The van der Waals surface area contributed by atoms with E-state index >= 15 is 0 Å². The van der Waals surface area contributed by atoms with Crippen LogP contribution in [0.15, 0.2) is 23.1 Å². The van der Waals surface area contributed by atoms with Gasteiger partial charge in [0, 0.05) is 39.0 Å². The number of likely N-dealkylation sites (tertiary alicyclic amines) is 1. The van der Waals surface area contributed by atoms with Gasteiger partial charge in [0.05, 0.1) is 6.20 Å². The largest absolute Gasteiger partial charge is 0.375 e. The molecule has 122 valence electrons. The highest BCUT2D eigenvalue weighted by atomic mass is 16.5. The summed E-state index contributed by atoms with van der Waals surface area (Å²) < 4.78 is 10.2. The normalized spacial score (nSPS) is 18.1. The van der Waals surface area contributed by atoms with E-state index in [1.54, 1.807) is 18.6 Å². The van der Waals surface area contributed by atoms with Crippen LogP contribution in [-0.2, 0) is 16.0 Å². The molecule has 3 rings (SSSR count). The molecule has 8 heteroatoms. The second-order valence-corrected chi connectivity index (χ2v) is 5.59. The maximum Gasteiger partial charge on any atom is 0.248 e. The number of carbonyl (C=O) groups is 1. The summed E-state index contributed by atoms with van der Waals surface area (Å²) in [5.74, 6) is 1.36. The Morgan fingerprint density at radius 1 is 1.48 bits per heavy atom. The quantitative estimate of drug-likeness (QED) is 0.810. The van der Waals surface area contributed by atoms with Crippen LogP contribution in [0.4, 0.5) is 0 Å². The fourth-order valence-corrected chi connectivity index (χ4v) is 2.78. The first-order valence-electron chi connectivity index (χ1n) is 7.62. The molecule has 1 amide bonds. The van der Waals surface area contributed by atoms with Gasteiger partial charge in [-0.3, -0.25) is 9.78 Å². The molecule has 8 nitrogen and oxygen atoms in total. The van der Waals surface area contributed by atoms with Gasteiger partial charge in [0.25, 0.3) is 0 Å². The zero-order valence-electron chi connectivity index (χ0n) is 13.0. The van der Waals surface area contributed by atoms with Crippen molar-refractivity contribution in [3.63, 3.8) is 0 Å². The van der Waals surface area contributed by atoms with Crippen molar-refractivity contribution in [2.24, 2.45) is 5.92 Å². The smallest absolute Gasteiger partial charge is 0.248 e. The van der Waals surface area contributed by atoms with E-state index in [9.17, 15) is 4.79 Å². The van der Waals surface area contributed by atoms with Gasteiger partial charge in [-0.2, -0.15) is 4.98 Å². The van der Waals surface area contributed by atoms with Gasteiger partial charge in [0.15, 0.2) is 0 Å². The number of carbonyl (C=O) groups excluding carboxylic acids is 1. The monoisotopic (exact) mass is 317 g/mol. The lowest BCUT2D eigenvalue weighted by atomic mass is 9.95. The summed E-state index contributed by atoms with van der Waals surface area (Å²) >= 11 is 0. The predicted molar refractivity (Wildman–Crippen MR) is 80.2 cm³/mol. The third-order valence-electron chi connectivity index (χ3n) is 3.86. The highest BCUT2D eigenvalue weighted by Crippen LogP contribution is 2.21. The SMILES string of the molecule is COCC(=O)N1CCCC(Cc2nc(-c3cnccn3)no2)C1. The van der Waals surface area contributed by atoms with Crippen LogP contribution in [0.25, 0.3) is 11.5 Å². The minimum atomic E-state index is 0.0305. The standard InChI is InChI=1S/C15H19N5O3/c1-22-10-14(21)20-6-2-3-11(9-20)7-13-18-15(19-23-13)12-8-16-4-5-17-12/h4-5,8,11H,2-3,6-7,9-10H2,1H3. The second-order valence-electron chi connectivity index (χ2n) is 5.59. The van der Waals surface area contributed by atoms with E-state index in [4.69, 9.17) is 9.26 Å². The Labute approximate surface area is 133 Å². The molecule has 0 N–H and O–H groups in total. The molecule has 2 aromatic heterocycles. The average Bonchev–Trinajstić information content (AvgIpc) is 3.05. The Balaban J connectivity index is 1.61. The lowest BCUT2D eigenvalue weighted by Crippen LogP contribution is -2.42. The lowest BCUT2D eigenvalue weighted by Gasteiger charge is -2.32. The summed E-state index contributed by atoms with van der Waals surface area (Å²) in [4.78, 5) is 26.3. The summed E-state index contributed by atoms with van der Waals surface area (Å²) in [6.45, 7) is 1.61. The van der Waals surface area contributed by atoms with E-state index in [1.807, 2.05) is 4.90 Å². The Morgan fingerprint density at radius 2 is 2.39 bits per heavy atom. The molecule has 1 saturated heterocycles. The number of nitrogens with zero attached hydrogens (tertiary/aromatic N) is 5.